The van der Waals surface area contributed by atoms with Crippen LogP contribution in [-0.4, -0.2) is 15.4 Å². The number of hydrogen-bond donors (Lipinski definition) is 0. The monoisotopic (exact) mass is 236 g/mol. The zero-order valence-electron chi connectivity index (χ0n) is 4.29. The van der Waals surface area contributed by atoms with Gasteiger partial charge in [0.05, 0.1) is 5.34 Å². The van der Waals surface area contributed by atoms with E-state index < -0.39 is 15.9 Å². The molecular weight excluding hydrogens is 235 g/mol. The third-order valence-electron chi connectivity index (χ3n) is 0.182. The van der Waals surface area contributed by atoms with Crippen LogP contribution in [-0.2, 0) is 10.4 Å². The Bertz CT molecular complexity index is 76.6. The first-order chi connectivity index (χ1) is 4.36. The number of halogens is 6. The van der Waals surface area contributed by atoms with Crippen molar-refractivity contribution in [3.05, 3.63) is 0 Å². The molecule has 8 heteroatoms. The van der Waals surface area contributed by atoms with Gasteiger partial charge in [0.2, 0.25) is 0 Å². The van der Waals surface area contributed by atoms with E-state index in [2.05, 4.69) is 10.7 Å². The summed E-state index contributed by atoms with van der Waals surface area (Å²) in [4.78, 5) is 0. The third-order valence-corrected chi connectivity index (χ3v) is 1.07. The molecule has 64 valence electrons. The fourth-order valence-electron chi connectivity index (χ4n) is 0. The van der Waals surface area contributed by atoms with E-state index in [1.165, 1.54) is 0 Å². The molecule has 0 aliphatic carbocycles. The van der Waals surface area contributed by atoms with Gasteiger partial charge < -0.3 is 4.55 Å². The Labute approximate surface area is 73.1 Å². The summed E-state index contributed by atoms with van der Waals surface area (Å²) in [7, 11) is 0.890. The van der Waals surface area contributed by atoms with E-state index in [0.717, 1.165) is 0 Å². The number of alkyl halides is 5. The van der Waals surface area contributed by atoms with Crippen LogP contribution in [0.2, 0.25) is 0 Å². The Balaban J connectivity index is 0. The van der Waals surface area contributed by atoms with Gasteiger partial charge in [-0.1, -0.05) is 0 Å². The van der Waals surface area contributed by atoms with Crippen LogP contribution in [0.4, 0.5) is 13.2 Å². The molecule has 0 radical (unpaired) electrons. The molecule has 0 fully saturated rings. The van der Waals surface area contributed by atoms with Gasteiger partial charge in [-0.15, -0.1) is 36.4 Å². The van der Waals surface area contributed by atoms with Crippen LogP contribution >= 0.6 is 33.9 Å². The van der Waals surface area contributed by atoms with Crippen molar-refractivity contribution in [2.45, 2.75) is 5.51 Å². The fourth-order valence-corrected chi connectivity index (χ4v) is 0. The Hall–Kier alpha value is 0.970. The maximum atomic E-state index is 10.7. The van der Waals surface area contributed by atoms with Crippen molar-refractivity contribution in [2.75, 3.05) is 5.34 Å². The molecule has 1 atom stereocenters. The van der Waals surface area contributed by atoms with Crippen molar-refractivity contribution in [3.63, 3.8) is 0 Å². The second kappa shape index (κ2) is 6.67. The highest BCUT2D eigenvalue weighted by Gasteiger charge is 2.44. The normalized spacial score (nSPS) is 13.5. The van der Waals surface area contributed by atoms with Crippen LogP contribution in [0.1, 0.15) is 0 Å². The fraction of sp³-hybridized carbons (Fsp3) is 1.00. The minimum Gasteiger partial charge on any atom is -0.592 e. The molecule has 0 bridgehead atoms. The Kier molecular flexibility index (Phi) is 9.03. The second-order valence-corrected chi connectivity index (χ2v) is 3.33. The molecule has 0 saturated carbocycles. The van der Waals surface area contributed by atoms with Gasteiger partial charge >= 0.3 is 5.51 Å². The van der Waals surface area contributed by atoms with Crippen LogP contribution in [0.5, 0.6) is 0 Å². The molecule has 0 heterocycles. The van der Waals surface area contributed by atoms with Crippen LogP contribution in [0.15, 0.2) is 0 Å². The lowest BCUT2D eigenvalue weighted by Crippen LogP contribution is -2.16. The summed E-state index contributed by atoms with van der Waals surface area (Å²) in [5, 5.41) is 0.194. The average Bonchev–Trinajstić information content (AvgIpc) is 1.64. The Morgan fingerprint density at radius 1 is 1.30 bits per heavy atom. The molecule has 0 amide bonds. The van der Waals surface area contributed by atoms with Crippen LogP contribution in [0.25, 0.3) is 0 Å². The second-order valence-electron chi connectivity index (χ2n) is 0.770. The summed E-state index contributed by atoms with van der Waals surface area (Å²) >= 11 is 9.53. The molecule has 10 heavy (non-hydrogen) atoms. The SMILES string of the molecule is ClCCl.[O-][S+](Cl)C(F)(F)F. The van der Waals surface area contributed by atoms with Gasteiger partial charge in [-0.25, -0.2) is 0 Å². The van der Waals surface area contributed by atoms with Crippen molar-refractivity contribution in [1.82, 2.24) is 0 Å². The van der Waals surface area contributed by atoms with Gasteiger partial charge in [-0.05, 0) is 0 Å². The van der Waals surface area contributed by atoms with Gasteiger partial charge in [-0.3, -0.25) is 0 Å². The minimum absolute atomic E-state index is 0.194. The van der Waals surface area contributed by atoms with Crippen molar-refractivity contribution >= 4 is 44.3 Å². The van der Waals surface area contributed by atoms with Gasteiger partial charge in [0.1, 0.15) is 0 Å². The molecule has 1 unspecified atom stereocenters. The van der Waals surface area contributed by atoms with E-state index in [-0.39, 0.29) is 5.34 Å². The predicted molar refractivity (Wildman–Crippen MR) is 36.6 cm³/mol. The zero-order chi connectivity index (χ0) is 8.78. The summed E-state index contributed by atoms with van der Waals surface area (Å²) in [6.07, 6.45) is 0. The van der Waals surface area contributed by atoms with Gasteiger partial charge in [0.25, 0.3) is 0 Å². The van der Waals surface area contributed by atoms with Gasteiger partial charge in [0.15, 0.2) is 21.1 Å². The highest BCUT2D eigenvalue weighted by atomic mass is 35.7. The highest BCUT2D eigenvalue weighted by Crippen LogP contribution is 2.25. The lowest BCUT2D eigenvalue weighted by atomic mass is 11.6. The smallest absolute Gasteiger partial charge is 0.592 e. The molecule has 1 nitrogen and oxygen atoms in total. The van der Waals surface area contributed by atoms with E-state index in [4.69, 9.17) is 23.2 Å². The first-order valence-corrected chi connectivity index (χ1v) is 4.67. The highest BCUT2D eigenvalue weighted by molar-refractivity contribution is 8.14. The molecular formula is C2H2Cl3F3OS. The van der Waals surface area contributed by atoms with Crippen molar-refractivity contribution in [2.24, 2.45) is 0 Å². The van der Waals surface area contributed by atoms with E-state index >= 15 is 0 Å². The Morgan fingerprint density at radius 3 is 1.40 bits per heavy atom. The molecule has 0 aliphatic rings. The lowest BCUT2D eigenvalue weighted by Gasteiger charge is -2.00. The van der Waals surface area contributed by atoms with E-state index in [1.54, 1.807) is 0 Å². The molecule has 0 spiro atoms. The van der Waals surface area contributed by atoms with Gasteiger partial charge in [0, 0.05) is 0 Å². The van der Waals surface area contributed by atoms with Crippen LogP contribution in [0, 0.1) is 0 Å². The minimum atomic E-state index is -4.76. The van der Waals surface area contributed by atoms with E-state index in [9.17, 15) is 17.7 Å². The molecule has 0 rings (SSSR count). The summed E-state index contributed by atoms with van der Waals surface area (Å²) in [5.41, 5.74) is -4.76. The molecule has 0 aliphatic heterocycles. The number of rotatable bonds is 0. The topological polar surface area (TPSA) is 23.1 Å². The first-order valence-electron chi connectivity index (χ1n) is 1.63. The third kappa shape index (κ3) is 11.7. The molecule has 0 saturated heterocycles. The van der Waals surface area contributed by atoms with Crippen LogP contribution < -0.4 is 0 Å². The summed E-state index contributed by atoms with van der Waals surface area (Å²) in [6.45, 7) is 0. The molecule has 0 N–H and O–H groups in total. The maximum Gasteiger partial charge on any atom is 0.592 e. The van der Waals surface area contributed by atoms with Gasteiger partial charge in [-0.2, -0.15) is 0 Å². The van der Waals surface area contributed by atoms with E-state index in [1.807, 2.05) is 0 Å². The maximum absolute atomic E-state index is 10.7. The number of hydrogen-bond acceptors (Lipinski definition) is 1. The zero-order valence-corrected chi connectivity index (χ0v) is 7.38. The van der Waals surface area contributed by atoms with E-state index in [0.29, 0.717) is 0 Å². The quantitative estimate of drug-likeness (QED) is 0.469. The summed E-state index contributed by atoms with van der Waals surface area (Å²) in [6, 6.07) is 0. The largest absolute Gasteiger partial charge is 0.592 e. The molecule has 0 aromatic heterocycles. The van der Waals surface area contributed by atoms with Crippen molar-refractivity contribution in [1.29, 1.82) is 0 Å². The van der Waals surface area contributed by atoms with Crippen molar-refractivity contribution < 1.29 is 17.7 Å². The van der Waals surface area contributed by atoms with Crippen LogP contribution in [0.3, 0.4) is 0 Å². The molecule has 0 aromatic rings. The van der Waals surface area contributed by atoms with Crippen molar-refractivity contribution in [3.8, 4) is 0 Å². The Morgan fingerprint density at radius 2 is 1.40 bits per heavy atom. The standard InChI is InChI=1S/CH2Cl2.CClF3OS/c2-1-3;2-7(6)1(3,4)5/h1H2;. The molecule has 0 aromatic carbocycles. The first kappa shape index (κ1) is 13.6. The average molecular weight is 237 g/mol. The summed E-state index contributed by atoms with van der Waals surface area (Å²) in [5.74, 6) is 0. The summed E-state index contributed by atoms with van der Waals surface area (Å²) < 4.78 is 41.5. The lowest BCUT2D eigenvalue weighted by molar-refractivity contribution is -0.0412. The predicted octanol–water partition coefficient (Wildman–Crippen LogP) is 2.83.